The number of sulfonamides is 1. The molecule has 1 fully saturated rings. The maximum atomic E-state index is 12.9. The van der Waals surface area contributed by atoms with Crippen molar-refractivity contribution in [3.05, 3.63) is 71.0 Å². The van der Waals surface area contributed by atoms with Crippen LogP contribution in [0.4, 0.5) is 4.39 Å². The summed E-state index contributed by atoms with van der Waals surface area (Å²) in [5.41, 5.74) is 2.21. The lowest BCUT2D eigenvalue weighted by Gasteiger charge is -2.15. The van der Waals surface area contributed by atoms with Gasteiger partial charge < -0.3 is 5.32 Å². The molecule has 2 aromatic rings. The molecule has 150 valence electrons. The molecular formula is C21H25FN2O3S. The normalized spacial score (nSPS) is 14.9. The fourth-order valence-corrected chi connectivity index (χ4v) is 4.88. The Morgan fingerprint density at radius 1 is 0.964 bits per heavy atom. The monoisotopic (exact) mass is 404 g/mol. The van der Waals surface area contributed by atoms with E-state index in [4.69, 9.17) is 0 Å². The van der Waals surface area contributed by atoms with Gasteiger partial charge in [-0.05, 0) is 61.1 Å². The molecule has 7 heteroatoms. The fourth-order valence-electron chi connectivity index (χ4n) is 3.27. The lowest BCUT2D eigenvalue weighted by molar-refractivity contribution is 0.0953. The molecule has 0 aromatic heterocycles. The molecule has 1 saturated heterocycles. The van der Waals surface area contributed by atoms with Crippen molar-refractivity contribution in [3.63, 3.8) is 0 Å². The summed E-state index contributed by atoms with van der Waals surface area (Å²) in [6, 6.07) is 13.0. The average Bonchev–Trinajstić information content (AvgIpc) is 3.23. The second kappa shape index (κ2) is 9.30. The van der Waals surface area contributed by atoms with Crippen molar-refractivity contribution in [2.75, 3.05) is 19.6 Å². The summed E-state index contributed by atoms with van der Waals surface area (Å²) in [6.45, 7) is 1.71. The van der Waals surface area contributed by atoms with Gasteiger partial charge in [-0.1, -0.05) is 24.3 Å². The summed E-state index contributed by atoms with van der Waals surface area (Å²) < 4.78 is 39.1. The number of nitrogens with zero attached hydrogens (tertiary/aromatic N) is 1. The average molecular weight is 405 g/mol. The second-order valence-corrected chi connectivity index (χ2v) is 9.01. The van der Waals surface area contributed by atoms with Crippen LogP contribution in [0.2, 0.25) is 0 Å². The smallest absolute Gasteiger partial charge is 0.251 e. The Kier molecular flexibility index (Phi) is 6.80. The molecule has 5 nitrogen and oxygen atoms in total. The number of aryl methyl sites for hydroxylation is 1. The van der Waals surface area contributed by atoms with Crippen LogP contribution in [0, 0.1) is 5.82 Å². The van der Waals surface area contributed by atoms with E-state index in [2.05, 4.69) is 5.32 Å². The topological polar surface area (TPSA) is 66.5 Å². The molecule has 0 unspecified atom stereocenters. The van der Waals surface area contributed by atoms with Crippen molar-refractivity contribution >= 4 is 15.9 Å². The highest BCUT2D eigenvalue weighted by Gasteiger charge is 2.25. The summed E-state index contributed by atoms with van der Waals surface area (Å²) in [5, 5.41) is 2.85. The van der Waals surface area contributed by atoms with E-state index in [9.17, 15) is 17.6 Å². The molecule has 1 N–H and O–H groups in total. The van der Waals surface area contributed by atoms with Gasteiger partial charge in [0.2, 0.25) is 10.0 Å². The number of rotatable bonds is 8. The van der Waals surface area contributed by atoms with Crippen LogP contribution in [0.15, 0.2) is 48.5 Å². The number of nitrogens with one attached hydrogen (secondary N) is 1. The zero-order valence-electron chi connectivity index (χ0n) is 15.7. The number of benzene rings is 2. The van der Waals surface area contributed by atoms with Crippen molar-refractivity contribution in [1.29, 1.82) is 0 Å². The minimum absolute atomic E-state index is 0.0351. The highest BCUT2D eigenvalue weighted by Crippen LogP contribution is 2.17. The molecule has 0 atom stereocenters. The maximum absolute atomic E-state index is 12.9. The van der Waals surface area contributed by atoms with Crippen LogP contribution in [0.1, 0.15) is 40.7 Å². The standard InChI is InChI=1S/C21H25FN2O3S/c22-20-11-7-17(8-12-20)4-3-13-23-21(25)19-9-5-18(6-10-19)16-28(26,27)24-14-1-2-15-24/h5-12H,1-4,13-16H2,(H,23,25). The summed E-state index contributed by atoms with van der Waals surface area (Å²) >= 11 is 0. The Hall–Kier alpha value is -2.25. The van der Waals surface area contributed by atoms with Gasteiger partial charge in [0.25, 0.3) is 5.91 Å². The third-order valence-electron chi connectivity index (χ3n) is 4.86. The first kappa shape index (κ1) is 20.5. The zero-order chi connectivity index (χ0) is 20.0. The third-order valence-corrected chi connectivity index (χ3v) is 6.71. The fraction of sp³-hybridized carbons (Fsp3) is 0.381. The number of hydrogen-bond acceptors (Lipinski definition) is 3. The van der Waals surface area contributed by atoms with Gasteiger partial charge in [0.15, 0.2) is 0 Å². The molecule has 0 saturated carbocycles. The first-order valence-electron chi connectivity index (χ1n) is 9.53. The molecule has 0 aliphatic carbocycles. The first-order chi connectivity index (χ1) is 13.4. The summed E-state index contributed by atoms with van der Waals surface area (Å²) in [6.07, 6.45) is 3.34. The molecule has 0 spiro atoms. The Labute approximate surface area is 165 Å². The number of halogens is 1. The van der Waals surface area contributed by atoms with E-state index in [0.29, 0.717) is 30.8 Å². The highest BCUT2D eigenvalue weighted by atomic mass is 32.2. The largest absolute Gasteiger partial charge is 0.352 e. The van der Waals surface area contributed by atoms with E-state index < -0.39 is 10.0 Å². The zero-order valence-corrected chi connectivity index (χ0v) is 16.6. The third kappa shape index (κ3) is 5.62. The van der Waals surface area contributed by atoms with E-state index in [-0.39, 0.29) is 17.5 Å². The lowest BCUT2D eigenvalue weighted by atomic mass is 10.1. The van der Waals surface area contributed by atoms with Gasteiger partial charge in [-0.3, -0.25) is 4.79 Å². The van der Waals surface area contributed by atoms with Crippen molar-refractivity contribution < 1.29 is 17.6 Å². The molecule has 1 aliphatic rings. The van der Waals surface area contributed by atoms with E-state index in [1.54, 1.807) is 36.4 Å². The number of hydrogen-bond donors (Lipinski definition) is 1. The van der Waals surface area contributed by atoms with Crippen LogP contribution >= 0.6 is 0 Å². The van der Waals surface area contributed by atoms with Crippen molar-refractivity contribution in [2.24, 2.45) is 0 Å². The minimum atomic E-state index is -3.28. The molecule has 2 aromatic carbocycles. The molecule has 3 rings (SSSR count). The lowest BCUT2D eigenvalue weighted by Crippen LogP contribution is -2.29. The Bertz CT molecular complexity index is 890. The molecule has 0 bridgehead atoms. The Balaban J connectivity index is 1.46. The quantitative estimate of drug-likeness (QED) is 0.688. The van der Waals surface area contributed by atoms with Gasteiger partial charge >= 0.3 is 0 Å². The van der Waals surface area contributed by atoms with E-state index in [1.165, 1.54) is 16.4 Å². The predicted molar refractivity (Wildman–Crippen MR) is 107 cm³/mol. The second-order valence-electron chi connectivity index (χ2n) is 7.05. The number of carbonyl (C=O) groups is 1. The minimum Gasteiger partial charge on any atom is -0.352 e. The van der Waals surface area contributed by atoms with E-state index in [1.807, 2.05) is 0 Å². The number of carbonyl (C=O) groups excluding carboxylic acids is 1. The van der Waals surface area contributed by atoms with Crippen molar-refractivity contribution in [2.45, 2.75) is 31.4 Å². The van der Waals surface area contributed by atoms with Gasteiger partial charge in [-0.25, -0.2) is 17.1 Å². The van der Waals surface area contributed by atoms with E-state index >= 15 is 0 Å². The summed E-state index contributed by atoms with van der Waals surface area (Å²) in [5.74, 6) is -0.478. The predicted octanol–water partition coefficient (Wildman–Crippen LogP) is 3.11. The van der Waals surface area contributed by atoms with Crippen molar-refractivity contribution in [1.82, 2.24) is 9.62 Å². The van der Waals surface area contributed by atoms with Crippen LogP contribution < -0.4 is 5.32 Å². The van der Waals surface area contributed by atoms with Gasteiger partial charge in [0.1, 0.15) is 5.82 Å². The molecular weight excluding hydrogens is 379 g/mol. The molecule has 0 radical (unpaired) electrons. The van der Waals surface area contributed by atoms with Gasteiger partial charge in [0.05, 0.1) is 5.75 Å². The summed E-state index contributed by atoms with van der Waals surface area (Å²) in [4.78, 5) is 12.2. The van der Waals surface area contributed by atoms with Gasteiger partial charge in [-0.15, -0.1) is 0 Å². The van der Waals surface area contributed by atoms with Crippen molar-refractivity contribution in [3.8, 4) is 0 Å². The molecule has 1 aliphatic heterocycles. The van der Waals surface area contributed by atoms with Crippen LogP contribution in [0.5, 0.6) is 0 Å². The molecule has 1 amide bonds. The van der Waals surface area contributed by atoms with Crippen LogP contribution in [0.25, 0.3) is 0 Å². The number of amides is 1. The molecule has 28 heavy (non-hydrogen) atoms. The van der Waals surface area contributed by atoms with Gasteiger partial charge in [0, 0.05) is 25.2 Å². The highest BCUT2D eigenvalue weighted by molar-refractivity contribution is 7.88. The summed E-state index contributed by atoms with van der Waals surface area (Å²) in [7, 11) is -3.28. The van der Waals surface area contributed by atoms with Crippen LogP contribution in [-0.2, 0) is 22.2 Å². The Morgan fingerprint density at radius 3 is 2.21 bits per heavy atom. The SMILES string of the molecule is O=C(NCCCc1ccc(F)cc1)c1ccc(CS(=O)(=O)N2CCCC2)cc1. The molecule has 1 heterocycles. The Morgan fingerprint density at radius 2 is 1.57 bits per heavy atom. The first-order valence-corrected chi connectivity index (χ1v) is 11.1. The van der Waals surface area contributed by atoms with Gasteiger partial charge in [-0.2, -0.15) is 0 Å². The van der Waals surface area contributed by atoms with E-state index in [0.717, 1.165) is 31.2 Å². The van der Waals surface area contributed by atoms with Crippen LogP contribution in [0.3, 0.4) is 0 Å². The maximum Gasteiger partial charge on any atom is 0.251 e. The van der Waals surface area contributed by atoms with Crippen LogP contribution in [-0.4, -0.2) is 38.3 Å².